The predicted molar refractivity (Wildman–Crippen MR) is 81.5 cm³/mol. The van der Waals surface area contributed by atoms with Crippen molar-refractivity contribution in [2.24, 2.45) is 11.8 Å². The van der Waals surface area contributed by atoms with Gasteiger partial charge in [-0.15, -0.1) is 0 Å². The van der Waals surface area contributed by atoms with Gasteiger partial charge in [0.2, 0.25) is 0 Å². The fourth-order valence-electron chi connectivity index (χ4n) is 3.01. The number of carbonyl (C=O) groups is 1. The number of aryl methyl sites for hydroxylation is 1. The van der Waals surface area contributed by atoms with Crippen molar-refractivity contribution in [2.75, 3.05) is 12.3 Å². The van der Waals surface area contributed by atoms with Gasteiger partial charge in [-0.2, -0.15) is 0 Å². The number of nitrogens with two attached hydrogens (primary N) is 1. The Hall–Kier alpha value is -1.58. The van der Waals surface area contributed by atoms with Crippen molar-refractivity contribution in [1.82, 2.24) is 10.3 Å². The van der Waals surface area contributed by atoms with Gasteiger partial charge in [0.15, 0.2) is 0 Å². The van der Waals surface area contributed by atoms with Crippen LogP contribution in [0.2, 0.25) is 0 Å². The van der Waals surface area contributed by atoms with Gasteiger partial charge in [-0.1, -0.05) is 26.7 Å². The first-order valence-corrected chi connectivity index (χ1v) is 7.63. The Morgan fingerprint density at radius 1 is 1.45 bits per heavy atom. The third kappa shape index (κ3) is 3.95. The second kappa shape index (κ2) is 6.73. The zero-order chi connectivity index (χ0) is 14.5. The van der Waals surface area contributed by atoms with E-state index in [9.17, 15) is 4.79 Å². The van der Waals surface area contributed by atoms with Crippen LogP contribution in [0.25, 0.3) is 0 Å². The van der Waals surface area contributed by atoms with Gasteiger partial charge in [0.1, 0.15) is 5.82 Å². The first-order valence-electron chi connectivity index (χ1n) is 7.63. The summed E-state index contributed by atoms with van der Waals surface area (Å²) in [6.07, 6.45) is 5.84. The number of nitrogens with one attached hydrogen (secondary N) is 1. The maximum atomic E-state index is 12.2. The molecule has 0 aromatic carbocycles. The molecule has 1 fully saturated rings. The first-order chi connectivity index (χ1) is 9.58. The number of amides is 1. The van der Waals surface area contributed by atoms with Crippen LogP contribution in [0.15, 0.2) is 12.1 Å². The molecule has 1 aromatic heterocycles. The maximum Gasteiger partial charge on any atom is 0.251 e. The van der Waals surface area contributed by atoms with Crippen molar-refractivity contribution in [2.45, 2.75) is 46.0 Å². The van der Waals surface area contributed by atoms with Crippen LogP contribution < -0.4 is 11.1 Å². The zero-order valence-electron chi connectivity index (χ0n) is 12.5. The van der Waals surface area contributed by atoms with Crippen LogP contribution >= 0.6 is 0 Å². The predicted octanol–water partition coefficient (Wildman–Crippen LogP) is 2.78. The first kappa shape index (κ1) is 14.8. The van der Waals surface area contributed by atoms with Gasteiger partial charge >= 0.3 is 0 Å². The van der Waals surface area contributed by atoms with Crippen LogP contribution in [-0.2, 0) is 6.42 Å². The lowest BCUT2D eigenvalue weighted by atomic mass is 9.82. The van der Waals surface area contributed by atoms with E-state index in [-0.39, 0.29) is 5.91 Å². The highest BCUT2D eigenvalue weighted by atomic mass is 16.1. The third-order valence-electron chi connectivity index (χ3n) is 4.12. The van der Waals surface area contributed by atoms with Crippen LogP contribution in [0.1, 0.15) is 55.6 Å². The molecule has 20 heavy (non-hydrogen) atoms. The van der Waals surface area contributed by atoms with Gasteiger partial charge in [0.05, 0.1) is 0 Å². The van der Waals surface area contributed by atoms with Crippen molar-refractivity contribution >= 4 is 11.7 Å². The Labute approximate surface area is 121 Å². The van der Waals surface area contributed by atoms with Gasteiger partial charge < -0.3 is 11.1 Å². The molecule has 2 rings (SSSR count). The van der Waals surface area contributed by atoms with Crippen LogP contribution in [-0.4, -0.2) is 17.4 Å². The van der Waals surface area contributed by atoms with Crippen molar-refractivity contribution in [3.8, 4) is 0 Å². The Morgan fingerprint density at radius 2 is 2.25 bits per heavy atom. The molecule has 2 atom stereocenters. The van der Waals surface area contributed by atoms with E-state index in [1.165, 1.54) is 25.7 Å². The van der Waals surface area contributed by atoms with Crippen LogP contribution in [0.3, 0.4) is 0 Å². The number of rotatable bonds is 4. The van der Waals surface area contributed by atoms with Gasteiger partial charge in [0.25, 0.3) is 5.91 Å². The molecule has 0 bridgehead atoms. The summed E-state index contributed by atoms with van der Waals surface area (Å²) in [6, 6.07) is 3.48. The van der Waals surface area contributed by atoms with E-state index in [1.54, 1.807) is 6.07 Å². The number of pyridine rings is 1. The zero-order valence-corrected chi connectivity index (χ0v) is 12.5. The molecule has 1 aromatic rings. The Kier molecular flexibility index (Phi) is 4.99. The Morgan fingerprint density at radius 3 is 2.95 bits per heavy atom. The van der Waals surface area contributed by atoms with Crippen LogP contribution in [0, 0.1) is 11.8 Å². The lowest BCUT2D eigenvalue weighted by Gasteiger charge is -2.26. The van der Waals surface area contributed by atoms with Crippen molar-refractivity contribution < 1.29 is 4.79 Å². The molecule has 1 aliphatic rings. The summed E-state index contributed by atoms with van der Waals surface area (Å²) in [4.78, 5) is 16.4. The molecule has 110 valence electrons. The molecule has 1 saturated carbocycles. The van der Waals surface area contributed by atoms with Gasteiger partial charge in [-0.25, -0.2) is 4.98 Å². The summed E-state index contributed by atoms with van der Waals surface area (Å²) in [7, 11) is 0. The molecule has 3 N–H and O–H groups in total. The normalized spacial score (nSPS) is 22.5. The number of aromatic nitrogens is 1. The topological polar surface area (TPSA) is 68.0 Å². The highest BCUT2D eigenvalue weighted by Crippen LogP contribution is 2.27. The van der Waals surface area contributed by atoms with Crippen LogP contribution in [0.4, 0.5) is 5.82 Å². The minimum Gasteiger partial charge on any atom is -0.384 e. The van der Waals surface area contributed by atoms with E-state index in [2.05, 4.69) is 17.2 Å². The maximum absolute atomic E-state index is 12.2. The smallest absolute Gasteiger partial charge is 0.251 e. The second-order valence-electron chi connectivity index (χ2n) is 5.97. The highest BCUT2D eigenvalue weighted by molar-refractivity contribution is 5.94. The van der Waals surface area contributed by atoms with E-state index < -0.39 is 0 Å². The molecule has 2 unspecified atom stereocenters. The third-order valence-corrected chi connectivity index (χ3v) is 4.12. The van der Waals surface area contributed by atoms with Gasteiger partial charge in [0, 0.05) is 17.8 Å². The SMILES string of the molecule is CCc1cc(C(=O)NCC2CCCC(C)C2)cc(N)n1. The summed E-state index contributed by atoms with van der Waals surface area (Å²) in [5.41, 5.74) is 7.22. The number of anilines is 1. The molecular formula is C16H25N3O. The van der Waals surface area contributed by atoms with E-state index in [0.29, 0.717) is 17.3 Å². The minimum atomic E-state index is -0.0352. The van der Waals surface area contributed by atoms with E-state index in [0.717, 1.165) is 24.6 Å². The second-order valence-corrected chi connectivity index (χ2v) is 5.97. The van der Waals surface area contributed by atoms with E-state index in [1.807, 2.05) is 13.0 Å². The van der Waals surface area contributed by atoms with Crippen molar-refractivity contribution in [1.29, 1.82) is 0 Å². The highest BCUT2D eigenvalue weighted by Gasteiger charge is 2.19. The molecule has 4 nitrogen and oxygen atoms in total. The average Bonchev–Trinajstić information content (AvgIpc) is 2.44. The summed E-state index contributed by atoms with van der Waals surface area (Å²) >= 11 is 0. The molecular weight excluding hydrogens is 250 g/mol. The minimum absolute atomic E-state index is 0.0352. The molecule has 1 amide bonds. The fourth-order valence-corrected chi connectivity index (χ4v) is 3.01. The van der Waals surface area contributed by atoms with Gasteiger partial charge in [-0.3, -0.25) is 4.79 Å². The van der Waals surface area contributed by atoms with Crippen molar-refractivity contribution in [3.63, 3.8) is 0 Å². The van der Waals surface area contributed by atoms with Gasteiger partial charge in [-0.05, 0) is 43.2 Å². The molecule has 1 heterocycles. The number of hydrogen-bond donors (Lipinski definition) is 2. The quantitative estimate of drug-likeness (QED) is 0.888. The molecule has 4 heteroatoms. The van der Waals surface area contributed by atoms with E-state index in [4.69, 9.17) is 5.73 Å². The van der Waals surface area contributed by atoms with Crippen LogP contribution in [0.5, 0.6) is 0 Å². The number of nitrogen functional groups attached to an aromatic ring is 1. The Balaban J connectivity index is 1.93. The lowest BCUT2D eigenvalue weighted by molar-refractivity contribution is 0.0940. The number of carbonyl (C=O) groups excluding carboxylic acids is 1. The molecule has 0 spiro atoms. The summed E-state index contributed by atoms with van der Waals surface area (Å²) < 4.78 is 0. The van der Waals surface area contributed by atoms with E-state index >= 15 is 0 Å². The van der Waals surface area contributed by atoms with Crippen molar-refractivity contribution in [3.05, 3.63) is 23.4 Å². The number of nitrogens with zero attached hydrogens (tertiary/aromatic N) is 1. The molecule has 0 saturated heterocycles. The summed E-state index contributed by atoms with van der Waals surface area (Å²) in [5.74, 6) is 1.79. The Bertz CT molecular complexity index is 473. The molecule has 0 radical (unpaired) electrons. The lowest BCUT2D eigenvalue weighted by Crippen LogP contribution is -2.31. The standard InChI is InChI=1S/C16H25N3O/c1-3-14-8-13(9-15(17)19-14)16(20)18-10-12-6-4-5-11(2)7-12/h8-9,11-12H,3-7,10H2,1-2H3,(H2,17,19)(H,18,20). The fraction of sp³-hybridized carbons (Fsp3) is 0.625. The largest absolute Gasteiger partial charge is 0.384 e. The summed E-state index contributed by atoms with van der Waals surface area (Å²) in [6.45, 7) is 5.07. The monoisotopic (exact) mass is 275 g/mol. The average molecular weight is 275 g/mol. The molecule has 0 aliphatic heterocycles. The number of hydrogen-bond acceptors (Lipinski definition) is 3. The molecule has 1 aliphatic carbocycles. The summed E-state index contributed by atoms with van der Waals surface area (Å²) in [5, 5.41) is 3.05.